The standard InChI is InChI=1S/C13H18O2/c1-4-13(3,12(14)15)9-11-7-5-10(2)6-8-11/h5-8H,4,9H2,1-3H3,(H,14,15). The number of carbonyl (C=O) groups is 1. The molecule has 82 valence electrons. The third-order valence-corrected chi connectivity index (χ3v) is 3.01. The molecule has 0 heterocycles. The number of aryl methyl sites for hydroxylation is 1. The van der Waals surface area contributed by atoms with Crippen LogP contribution in [-0.4, -0.2) is 11.1 Å². The van der Waals surface area contributed by atoms with Crippen LogP contribution in [0.15, 0.2) is 24.3 Å². The van der Waals surface area contributed by atoms with Crippen molar-refractivity contribution in [2.75, 3.05) is 0 Å². The van der Waals surface area contributed by atoms with E-state index in [1.807, 2.05) is 38.1 Å². The van der Waals surface area contributed by atoms with Crippen LogP contribution in [0.1, 0.15) is 31.4 Å². The highest BCUT2D eigenvalue weighted by molar-refractivity contribution is 5.74. The van der Waals surface area contributed by atoms with E-state index in [9.17, 15) is 4.79 Å². The van der Waals surface area contributed by atoms with Gasteiger partial charge in [0.15, 0.2) is 0 Å². The number of aliphatic carboxylic acids is 1. The molecule has 0 aliphatic rings. The van der Waals surface area contributed by atoms with Crippen molar-refractivity contribution in [1.29, 1.82) is 0 Å². The molecule has 0 spiro atoms. The van der Waals surface area contributed by atoms with Crippen LogP contribution in [0.3, 0.4) is 0 Å². The lowest BCUT2D eigenvalue weighted by molar-refractivity contribution is -0.148. The van der Waals surface area contributed by atoms with E-state index < -0.39 is 11.4 Å². The molecule has 1 aromatic rings. The number of carboxylic acid groups (broad SMARTS) is 1. The maximum Gasteiger partial charge on any atom is 0.309 e. The SMILES string of the molecule is CCC(C)(Cc1ccc(C)cc1)C(=O)O. The van der Waals surface area contributed by atoms with Crippen molar-refractivity contribution in [2.45, 2.75) is 33.6 Å². The summed E-state index contributed by atoms with van der Waals surface area (Å²) in [6, 6.07) is 8.05. The normalized spacial score (nSPS) is 14.6. The Morgan fingerprint density at radius 1 is 1.33 bits per heavy atom. The second-order valence-corrected chi connectivity index (χ2v) is 4.38. The van der Waals surface area contributed by atoms with Crippen LogP contribution in [0.5, 0.6) is 0 Å². The molecule has 0 aliphatic heterocycles. The molecular weight excluding hydrogens is 188 g/mol. The molecule has 1 N–H and O–H groups in total. The first-order valence-corrected chi connectivity index (χ1v) is 5.27. The molecule has 0 saturated heterocycles. The Kier molecular flexibility index (Phi) is 3.51. The number of benzene rings is 1. The van der Waals surface area contributed by atoms with E-state index in [0.29, 0.717) is 12.8 Å². The van der Waals surface area contributed by atoms with Crippen molar-refractivity contribution in [3.05, 3.63) is 35.4 Å². The molecule has 0 saturated carbocycles. The molecule has 2 nitrogen and oxygen atoms in total. The molecule has 1 atom stereocenters. The van der Waals surface area contributed by atoms with Gasteiger partial charge in [0.05, 0.1) is 5.41 Å². The van der Waals surface area contributed by atoms with Gasteiger partial charge in [-0.25, -0.2) is 0 Å². The molecule has 0 amide bonds. The van der Waals surface area contributed by atoms with E-state index in [4.69, 9.17) is 5.11 Å². The fraction of sp³-hybridized carbons (Fsp3) is 0.462. The van der Waals surface area contributed by atoms with Crippen molar-refractivity contribution < 1.29 is 9.90 Å². The van der Waals surface area contributed by atoms with Crippen molar-refractivity contribution in [3.63, 3.8) is 0 Å². The van der Waals surface area contributed by atoms with Gasteiger partial charge >= 0.3 is 5.97 Å². The van der Waals surface area contributed by atoms with E-state index in [1.165, 1.54) is 5.56 Å². The van der Waals surface area contributed by atoms with Gasteiger partial charge in [0, 0.05) is 0 Å². The quantitative estimate of drug-likeness (QED) is 0.822. The Hall–Kier alpha value is -1.31. The van der Waals surface area contributed by atoms with Crippen LogP contribution < -0.4 is 0 Å². The number of hydrogen-bond acceptors (Lipinski definition) is 1. The van der Waals surface area contributed by atoms with Crippen molar-refractivity contribution in [2.24, 2.45) is 5.41 Å². The number of rotatable bonds is 4. The summed E-state index contributed by atoms with van der Waals surface area (Å²) >= 11 is 0. The highest BCUT2D eigenvalue weighted by Crippen LogP contribution is 2.26. The van der Waals surface area contributed by atoms with Crippen LogP contribution in [0.25, 0.3) is 0 Å². The summed E-state index contributed by atoms with van der Waals surface area (Å²) in [5.74, 6) is -0.717. The second kappa shape index (κ2) is 4.47. The molecular formula is C13H18O2. The van der Waals surface area contributed by atoms with Gasteiger partial charge in [0.25, 0.3) is 0 Å². The largest absolute Gasteiger partial charge is 0.481 e. The number of hydrogen-bond donors (Lipinski definition) is 1. The second-order valence-electron chi connectivity index (χ2n) is 4.38. The van der Waals surface area contributed by atoms with E-state index in [0.717, 1.165) is 5.56 Å². The summed E-state index contributed by atoms with van der Waals surface area (Å²) in [4.78, 5) is 11.1. The van der Waals surface area contributed by atoms with E-state index in [-0.39, 0.29) is 0 Å². The predicted molar refractivity (Wildman–Crippen MR) is 60.9 cm³/mol. The molecule has 0 aromatic heterocycles. The average Bonchev–Trinajstić information content (AvgIpc) is 2.21. The third-order valence-electron chi connectivity index (χ3n) is 3.01. The first kappa shape index (κ1) is 11.8. The van der Waals surface area contributed by atoms with E-state index in [1.54, 1.807) is 6.92 Å². The number of carboxylic acids is 1. The zero-order valence-electron chi connectivity index (χ0n) is 9.58. The molecule has 0 bridgehead atoms. The smallest absolute Gasteiger partial charge is 0.309 e. The summed E-state index contributed by atoms with van der Waals surface area (Å²) in [5, 5.41) is 9.15. The lowest BCUT2D eigenvalue weighted by Gasteiger charge is -2.22. The Balaban J connectivity index is 2.84. The van der Waals surface area contributed by atoms with Gasteiger partial charge in [0.1, 0.15) is 0 Å². The monoisotopic (exact) mass is 206 g/mol. The molecule has 0 fully saturated rings. The van der Waals surface area contributed by atoms with Crippen molar-refractivity contribution >= 4 is 5.97 Å². The van der Waals surface area contributed by atoms with Crippen LogP contribution >= 0.6 is 0 Å². The fourth-order valence-corrected chi connectivity index (χ4v) is 1.51. The van der Waals surface area contributed by atoms with Gasteiger partial charge in [0.2, 0.25) is 0 Å². The Morgan fingerprint density at radius 2 is 1.87 bits per heavy atom. The van der Waals surface area contributed by atoms with Gasteiger partial charge in [-0.15, -0.1) is 0 Å². The summed E-state index contributed by atoms with van der Waals surface area (Å²) in [5.41, 5.74) is 1.65. The molecule has 0 radical (unpaired) electrons. The Morgan fingerprint density at radius 3 is 2.27 bits per heavy atom. The topological polar surface area (TPSA) is 37.3 Å². The van der Waals surface area contributed by atoms with Gasteiger partial charge in [-0.3, -0.25) is 4.79 Å². The summed E-state index contributed by atoms with van der Waals surface area (Å²) in [6.07, 6.45) is 1.25. The van der Waals surface area contributed by atoms with Crippen LogP contribution in [0, 0.1) is 12.3 Å². The Bertz CT molecular complexity index is 340. The van der Waals surface area contributed by atoms with Crippen LogP contribution in [-0.2, 0) is 11.2 Å². The van der Waals surface area contributed by atoms with Gasteiger partial charge in [-0.1, -0.05) is 36.8 Å². The molecule has 1 aromatic carbocycles. The van der Waals surface area contributed by atoms with Gasteiger partial charge in [-0.05, 0) is 32.3 Å². The fourth-order valence-electron chi connectivity index (χ4n) is 1.51. The maximum atomic E-state index is 11.1. The zero-order chi connectivity index (χ0) is 11.5. The summed E-state index contributed by atoms with van der Waals surface area (Å²) < 4.78 is 0. The zero-order valence-corrected chi connectivity index (χ0v) is 9.58. The molecule has 2 heteroatoms. The lowest BCUT2D eigenvalue weighted by Crippen LogP contribution is -2.29. The average molecular weight is 206 g/mol. The summed E-state index contributed by atoms with van der Waals surface area (Å²) in [7, 11) is 0. The molecule has 1 unspecified atom stereocenters. The van der Waals surface area contributed by atoms with E-state index in [2.05, 4.69) is 0 Å². The van der Waals surface area contributed by atoms with Crippen molar-refractivity contribution in [1.82, 2.24) is 0 Å². The predicted octanol–water partition coefficient (Wildman–Crippen LogP) is 3.04. The minimum absolute atomic E-state index is 0.596. The minimum Gasteiger partial charge on any atom is -0.481 e. The van der Waals surface area contributed by atoms with Gasteiger partial charge < -0.3 is 5.11 Å². The van der Waals surface area contributed by atoms with Crippen LogP contribution in [0.2, 0.25) is 0 Å². The first-order valence-electron chi connectivity index (χ1n) is 5.27. The Labute approximate surface area is 90.9 Å². The molecule has 0 aliphatic carbocycles. The maximum absolute atomic E-state index is 11.1. The first-order chi connectivity index (χ1) is 6.98. The molecule has 15 heavy (non-hydrogen) atoms. The highest BCUT2D eigenvalue weighted by Gasteiger charge is 2.30. The lowest BCUT2D eigenvalue weighted by atomic mass is 9.81. The van der Waals surface area contributed by atoms with E-state index >= 15 is 0 Å². The summed E-state index contributed by atoms with van der Waals surface area (Å²) in [6.45, 7) is 5.75. The van der Waals surface area contributed by atoms with Gasteiger partial charge in [-0.2, -0.15) is 0 Å². The molecule has 1 rings (SSSR count). The highest BCUT2D eigenvalue weighted by atomic mass is 16.4. The van der Waals surface area contributed by atoms with Crippen LogP contribution in [0.4, 0.5) is 0 Å². The van der Waals surface area contributed by atoms with Crippen molar-refractivity contribution in [3.8, 4) is 0 Å². The minimum atomic E-state index is -0.717. The third kappa shape index (κ3) is 2.82.